The number of para-hydroxylation sites is 2. The summed E-state index contributed by atoms with van der Waals surface area (Å²) in [5, 5.41) is 0. The van der Waals surface area contributed by atoms with Crippen molar-refractivity contribution in [1.82, 2.24) is 0 Å². The lowest BCUT2D eigenvalue weighted by atomic mass is 10.1. The Balaban J connectivity index is 2.30. The fourth-order valence-electron chi connectivity index (χ4n) is 3.13. The quantitative estimate of drug-likeness (QED) is 0.866. The minimum atomic E-state index is -3.74. The zero-order valence-electron chi connectivity index (χ0n) is 14.3. The van der Waals surface area contributed by atoms with E-state index in [-0.39, 0.29) is 22.8 Å². The van der Waals surface area contributed by atoms with E-state index in [1.807, 2.05) is 0 Å². The molecule has 0 atom stereocenters. The van der Waals surface area contributed by atoms with Crippen molar-refractivity contribution in [2.45, 2.75) is 12.8 Å². The molecule has 3 rings (SSSR count). The van der Waals surface area contributed by atoms with Crippen LogP contribution in [0.4, 0.5) is 17.1 Å². The first kappa shape index (κ1) is 17.9. The van der Waals surface area contributed by atoms with Gasteiger partial charge in [-0.25, -0.2) is 12.7 Å². The van der Waals surface area contributed by atoms with Crippen LogP contribution in [-0.2, 0) is 14.8 Å². The van der Waals surface area contributed by atoms with Gasteiger partial charge in [-0.3, -0.25) is 9.59 Å². The van der Waals surface area contributed by atoms with Crippen molar-refractivity contribution in [2.24, 2.45) is 5.73 Å². The van der Waals surface area contributed by atoms with Gasteiger partial charge in [-0.1, -0.05) is 24.3 Å². The maximum absolute atomic E-state index is 12.6. The fraction of sp³-hybridized carbons (Fsp3) is 0.222. The molecule has 7 nitrogen and oxygen atoms in total. The molecule has 1 aliphatic rings. The lowest BCUT2D eigenvalue weighted by Crippen LogP contribution is -2.32. The third kappa shape index (κ3) is 3.28. The van der Waals surface area contributed by atoms with E-state index in [2.05, 4.69) is 0 Å². The number of primary amides is 1. The van der Waals surface area contributed by atoms with E-state index in [0.29, 0.717) is 25.1 Å². The van der Waals surface area contributed by atoms with Crippen LogP contribution in [0.25, 0.3) is 0 Å². The van der Waals surface area contributed by atoms with Gasteiger partial charge in [0.1, 0.15) is 0 Å². The molecule has 2 N–H and O–H groups in total. The van der Waals surface area contributed by atoms with Crippen molar-refractivity contribution >= 4 is 38.9 Å². The largest absolute Gasteiger partial charge is 0.366 e. The summed E-state index contributed by atoms with van der Waals surface area (Å²) < 4.78 is 26.3. The first-order valence-electron chi connectivity index (χ1n) is 8.09. The Kier molecular flexibility index (Phi) is 4.69. The predicted octanol–water partition coefficient (Wildman–Crippen LogP) is 2.01. The summed E-state index contributed by atoms with van der Waals surface area (Å²) in [6, 6.07) is 13.1. The van der Waals surface area contributed by atoms with E-state index < -0.39 is 15.9 Å². The number of carbonyl (C=O) groups is 2. The molecule has 8 heteroatoms. The van der Waals surface area contributed by atoms with Gasteiger partial charge in [0.05, 0.1) is 28.9 Å². The molecule has 136 valence electrons. The number of hydrogen-bond acceptors (Lipinski definition) is 4. The molecule has 2 aromatic carbocycles. The number of nitrogens with two attached hydrogens (primary N) is 1. The number of hydrogen-bond donors (Lipinski definition) is 1. The third-order valence-corrected chi connectivity index (χ3v) is 5.24. The van der Waals surface area contributed by atoms with Gasteiger partial charge in [0, 0.05) is 13.0 Å². The highest BCUT2D eigenvalue weighted by molar-refractivity contribution is 7.92. The first-order chi connectivity index (χ1) is 12.3. The Morgan fingerprint density at radius 3 is 2.35 bits per heavy atom. The molecule has 0 saturated carbocycles. The SMILES string of the molecule is CS(=O)(=O)N(c1ccccc1)c1cccc(C(N)=O)c1N1CCCC1=O. The normalized spacial score (nSPS) is 14.5. The average molecular weight is 373 g/mol. The number of nitrogens with zero attached hydrogens (tertiary/aromatic N) is 2. The number of carbonyl (C=O) groups excluding carboxylic acids is 2. The first-order valence-corrected chi connectivity index (χ1v) is 9.94. The van der Waals surface area contributed by atoms with Crippen LogP contribution in [0.1, 0.15) is 23.2 Å². The van der Waals surface area contributed by atoms with E-state index in [9.17, 15) is 18.0 Å². The van der Waals surface area contributed by atoms with Crippen LogP contribution in [0.2, 0.25) is 0 Å². The van der Waals surface area contributed by atoms with Crippen molar-refractivity contribution in [2.75, 3.05) is 22.0 Å². The van der Waals surface area contributed by atoms with Crippen molar-refractivity contribution in [3.05, 3.63) is 54.1 Å². The Bertz CT molecular complexity index is 958. The van der Waals surface area contributed by atoms with Gasteiger partial charge >= 0.3 is 0 Å². The monoisotopic (exact) mass is 373 g/mol. The maximum atomic E-state index is 12.6. The maximum Gasteiger partial charge on any atom is 0.250 e. The van der Waals surface area contributed by atoms with Crippen LogP contribution in [0.5, 0.6) is 0 Å². The molecule has 1 aliphatic heterocycles. The molecule has 1 saturated heterocycles. The van der Waals surface area contributed by atoms with Gasteiger partial charge in [-0.2, -0.15) is 0 Å². The molecule has 0 unspecified atom stereocenters. The molecular weight excluding hydrogens is 354 g/mol. The Hall–Kier alpha value is -2.87. The highest BCUT2D eigenvalue weighted by atomic mass is 32.2. The third-order valence-electron chi connectivity index (χ3n) is 4.16. The number of benzene rings is 2. The van der Waals surface area contributed by atoms with Crippen LogP contribution in [0.3, 0.4) is 0 Å². The standard InChI is InChI=1S/C18H19N3O4S/c1-26(24,25)21(13-7-3-2-4-8-13)15-10-5-9-14(18(19)23)17(15)20-12-6-11-16(20)22/h2-5,7-10H,6,11-12H2,1H3,(H2,19,23). The molecule has 0 bridgehead atoms. The van der Waals surface area contributed by atoms with E-state index >= 15 is 0 Å². The van der Waals surface area contributed by atoms with Gasteiger partial charge in [-0.05, 0) is 30.7 Å². The smallest absolute Gasteiger partial charge is 0.250 e. The summed E-state index contributed by atoms with van der Waals surface area (Å²) in [7, 11) is -3.74. The van der Waals surface area contributed by atoms with Crippen molar-refractivity contribution in [3.8, 4) is 0 Å². The van der Waals surface area contributed by atoms with Gasteiger partial charge in [0.25, 0.3) is 5.91 Å². The second-order valence-electron chi connectivity index (χ2n) is 6.05. The number of anilines is 3. The van der Waals surface area contributed by atoms with Crippen LogP contribution in [-0.4, -0.2) is 33.0 Å². The minimum Gasteiger partial charge on any atom is -0.366 e. The van der Waals surface area contributed by atoms with E-state index in [0.717, 1.165) is 10.6 Å². The molecule has 0 spiro atoms. The molecular formula is C18H19N3O4S. The average Bonchev–Trinajstić information content (AvgIpc) is 3.00. The second-order valence-corrected chi connectivity index (χ2v) is 7.88. The summed E-state index contributed by atoms with van der Waals surface area (Å²) in [5.41, 5.74) is 6.48. The zero-order chi connectivity index (χ0) is 18.9. The zero-order valence-corrected chi connectivity index (χ0v) is 15.1. The van der Waals surface area contributed by atoms with Crippen LogP contribution in [0.15, 0.2) is 48.5 Å². The van der Waals surface area contributed by atoms with Crippen molar-refractivity contribution in [3.63, 3.8) is 0 Å². The predicted molar refractivity (Wildman–Crippen MR) is 100.0 cm³/mol. The van der Waals surface area contributed by atoms with E-state index in [1.54, 1.807) is 42.5 Å². The Morgan fingerprint density at radius 1 is 1.12 bits per heavy atom. The number of sulfonamides is 1. The molecule has 0 radical (unpaired) electrons. The Labute approximate surface area is 152 Å². The van der Waals surface area contributed by atoms with Gasteiger partial charge in [0.2, 0.25) is 15.9 Å². The molecule has 1 heterocycles. The van der Waals surface area contributed by atoms with Gasteiger partial charge in [-0.15, -0.1) is 0 Å². The summed E-state index contributed by atoms with van der Waals surface area (Å²) in [6.45, 7) is 0.405. The van der Waals surface area contributed by atoms with Gasteiger partial charge < -0.3 is 10.6 Å². The summed E-state index contributed by atoms with van der Waals surface area (Å²) >= 11 is 0. The van der Waals surface area contributed by atoms with Crippen molar-refractivity contribution < 1.29 is 18.0 Å². The molecule has 2 amide bonds. The summed E-state index contributed by atoms with van der Waals surface area (Å²) in [5.74, 6) is -0.885. The van der Waals surface area contributed by atoms with Crippen LogP contribution in [0, 0.1) is 0 Å². The molecule has 26 heavy (non-hydrogen) atoms. The lowest BCUT2D eigenvalue weighted by molar-refractivity contribution is -0.117. The molecule has 1 fully saturated rings. The van der Waals surface area contributed by atoms with Crippen LogP contribution >= 0.6 is 0 Å². The minimum absolute atomic E-state index is 0.113. The van der Waals surface area contributed by atoms with Crippen molar-refractivity contribution in [1.29, 1.82) is 0 Å². The van der Waals surface area contributed by atoms with E-state index in [1.165, 1.54) is 11.0 Å². The van der Waals surface area contributed by atoms with Gasteiger partial charge in [0.15, 0.2) is 0 Å². The number of amides is 2. The second kappa shape index (κ2) is 6.80. The molecule has 2 aromatic rings. The van der Waals surface area contributed by atoms with Crippen LogP contribution < -0.4 is 14.9 Å². The highest BCUT2D eigenvalue weighted by Gasteiger charge is 2.32. The topological polar surface area (TPSA) is 101 Å². The summed E-state index contributed by atoms with van der Waals surface area (Å²) in [6.07, 6.45) is 2.05. The number of rotatable bonds is 5. The van der Waals surface area contributed by atoms with E-state index in [4.69, 9.17) is 5.73 Å². The molecule has 0 aromatic heterocycles. The highest BCUT2D eigenvalue weighted by Crippen LogP contribution is 2.40. The lowest BCUT2D eigenvalue weighted by Gasteiger charge is -2.29. The summed E-state index contributed by atoms with van der Waals surface area (Å²) in [4.78, 5) is 25.7. The Morgan fingerprint density at radius 2 is 1.81 bits per heavy atom. The molecule has 0 aliphatic carbocycles. The fourth-order valence-corrected chi connectivity index (χ4v) is 4.14.